The van der Waals surface area contributed by atoms with Crippen molar-refractivity contribution in [1.82, 2.24) is 15.2 Å². The Morgan fingerprint density at radius 2 is 2.33 bits per heavy atom. The molecule has 0 fully saturated rings. The van der Waals surface area contributed by atoms with Crippen LogP contribution in [0.25, 0.3) is 11.0 Å². The van der Waals surface area contributed by atoms with E-state index >= 15 is 0 Å². The highest BCUT2D eigenvalue weighted by Crippen LogP contribution is 2.36. The maximum Gasteiger partial charge on any atom is 0.255 e. The highest BCUT2D eigenvalue weighted by Gasteiger charge is 2.21. The molecule has 2 aromatic heterocycles. The van der Waals surface area contributed by atoms with Crippen LogP contribution < -0.4 is 11.1 Å². The van der Waals surface area contributed by atoms with E-state index in [4.69, 9.17) is 5.73 Å². The van der Waals surface area contributed by atoms with E-state index in [9.17, 15) is 4.79 Å². The van der Waals surface area contributed by atoms with Crippen LogP contribution >= 0.6 is 11.8 Å². The van der Waals surface area contributed by atoms with Gasteiger partial charge in [0.2, 0.25) is 0 Å². The molecule has 3 aromatic rings. The third kappa shape index (κ3) is 2.55. The second-order valence-corrected chi connectivity index (χ2v) is 7.03. The summed E-state index contributed by atoms with van der Waals surface area (Å²) >= 11 is 1.76. The summed E-state index contributed by atoms with van der Waals surface area (Å²) in [7, 11) is 0. The number of nitrogens with zero attached hydrogens (tertiary/aromatic N) is 2. The average Bonchev–Trinajstić information content (AvgIpc) is 3.05. The van der Waals surface area contributed by atoms with E-state index < -0.39 is 0 Å². The highest BCUT2D eigenvalue weighted by atomic mass is 32.2. The zero-order chi connectivity index (χ0) is 16.7. The van der Waals surface area contributed by atoms with Gasteiger partial charge in [0.15, 0.2) is 5.65 Å². The molecule has 0 aliphatic carbocycles. The maximum atomic E-state index is 12.8. The van der Waals surface area contributed by atoms with Gasteiger partial charge in [-0.2, -0.15) is 5.10 Å². The normalized spacial score (nSPS) is 16.8. The first kappa shape index (κ1) is 15.2. The van der Waals surface area contributed by atoms with Gasteiger partial charge in [0.05, 0.1) is 17.3 Å². The molecular formula is C17H17N5OS. The van der Waals surface area contributed by atoms with Gasteiger partial charge in [0.25, 0.3) is 5.91 Å². The number of nitrogens with one attached hydrogen (secondary N) is 2. The van der Waals surface area contributed by atoms with Crippen molar-refractivity contribution in [3.05, 3.63) is 47.3 Å². The molecule has 7 heteroatoms. The van der Waals surface area contributed by atoms with E-state index in [1.807, 2.05) is 19.1 Å². The third-order valence-electron chi connectivity index (χ3n) is 4.29. The van der Waals surface area contributed by atoms with Crippen molar-refractivity contribution in [3.8, 4) is 0 Å². The number of benzene rings is 1. The molecule has 1 aliphatic rings. The van der Waals surface area contributed by atoms with Crippen molar-refractivity contribution in [2.75, 3.05) is 11.1 Å². The number of carbonyl (C=O) groups is 1. The summed E-state index contributed by atoms with van der Waals surface area (Å²) in [5.41, 5.74) is 10.3. The second-order valence-electron chi connectivity index (χ2n) is 5.89. The lowest BCUT2D eigenvalue weighted by Gasteiger charge is -2.23. The van der Waals surface area contributed by atoms with Gasteiger partial charge in [-0.1, -0.05) is 6.07 Å². The number of hydrogen-bond acceptors (Lipinski definition) is 5. The Balaban J connectivity index is 1.69. The Hall–Kier alpha value is -2.38. The summed E-state index contributed by atoms with van der Waals surface area (Å²) in [6.07, 6.45) is 4.27. The fourth-order valence-electron chi connectivity index (χ4n) is 2.97. The summed E-state index contributed by atoms with van der Waals surface area (Å²) in [4.78, 5) is 18.0. The van der Waals surface area contributed by atoms with Crippen molar-refractivity contribution >= 4 is 34.4 Å². The van der Waals surface area contributed by atoms with Crippen LogP contribution in [0.2, 0.25) is 0 Å². The van der Waals surface area contributed by atoms with Crippen LogP contribution in [0.5, 0.6) is 0 Å². The number of rotatable bonds is 2. The van der Waals surface area contributed by atoms with E-state index in [0.29, 0.717) is 16.9 Å². The monoisotopic (exact) mass is 339 g/mol. The third-order valence-corrected chi connectivity index (χ3v) is 5.39. The van der Waals surface area contributed by atoms with Crippen LogP contribution in [-0.4, -0.2) is 26.8 Å². The van der Waals surface area contributed by atoms with Crippen molar-refractivity contribution in [2.24, 2.45) is 5.73 Å². The number of aromatic nitrogens is 3. The van der Waals surface area contributed by atoms with Gasteiger partial charge < -0.3 is 11.1 Å². The van der Waals surface area contributed by atoms with E-state index in [1.54, 1.807) is 30.2 Å². The van der Waals surface area contributed by atoms with Crippen molar-refractivity contribution in [1.29, 1.82) is 0 Å². The largest absolute Gasteiger partial charge is 0.324 e. The smallest absolute Gasteiger partial charge is 0.255 e. The molecule has 1 atom stereocenters. The first-order chi connectivity index (χ1) is 11.6. The minimum Gasteiger partial charge on any atom is -0.324 e. The predicted molar refractivity (Wildman–Crippen MR) is 95.3 cm³/mol. The summed E-state index contributed by atoms with van der Waals surface area (Å²) in [6, 6.07) is 5.83. The number of pyridine rings is 1. The lowest BCUT2D eigenvalue weighted by molar-refractivity contribution is 0.102. The minimum absolute atomic E-state index is 0.0582. The van der Waals surface area contributed by atoms with E-state index in [0.717, 1.165) is 33.6 Å². The number of amides is 1. The highest BCUT2D eigenvalue weighted by molar-refractivity contribution is 7.99. The van der Waals surface area contributed by atoms with E-state index in [2.05, 4.69) is 20.5 Å². The number of thioether (sulfide) groups is 1. The molecule has 0 saturated carbocycles. The SMILES string of the molecule is Cc1cc2c(cc1C(=O)Nc1ccnc3[nH]ncc13)SCC[C@@H]2N. The number of nitrogens with two attached hydrogens (primary N) is 1. The molecule has 1 aliphatic heterocycles. The number of aryl methyl sites for hydroxylation is 1. The zero-order valence-electron chi connectivity index (χ0n) is 13.2. The quantitative estimate of drug-likeness (QED) is 0.667. The fraction of sp³-hybridized carbons (Fsp3) is 0.235. The predicted octanol–water partition coefficient (Wildman–Crippen LogP) is 3.01. The summed E-state index contributed by atoms with van der Waals surface area (Å²) < 4.78 is 0. The number of carbonyl (C=O) groups excluding carboxylic acids is 1. The van der Waals surface area contributed by atoms with Crippen LogP contribution in [0.15, 0.2) is 35.5 Å². The Morgan fingerprint density at radius 1 is 1.46 bits per heavy atom. The second kappa shape index (κ2) is 5.92. The Labute approximate surface area is 143 Å². The molecule has 24 heavy (non-hydrogen) atoms. The number of H-pyrrole nitrogens is 1. The lowest BCUT2D eigenvalue weighted by Crippen LogP contribution is -2.19. The van der Waals surface area contributed by atoms with Crippen molar-refractivity contribution in [3.63, 3.8) is 0 Å². The zero-order valence-corrected chi connectivity index (χ0v) is 14.0. The van der Waals surface area contributed by atoms with Crippen LogP contribution in [0.1, 0.15) is 33.9 Å². The van der Waals surface area contributed by atoms with Crippen LogP contribution in [0.4, 0.5) is 5.69 Å². The summed E-state index contributed by atoms with van der Waals surface area (Å²) in [5.74, 6) is 0.849. The first-order valence-corrected chi connectivity index (χ1v) is 8.74. The molecule has 4 rings (SSSR count). The summed E-state index contributed by atoms with van der Waals surface area (Å²) in [5, 5.41) is 10.5. The number of aromatic amines is 1. The van der Waals surface area contributed by atoms with Crippen molar-refractivity contribution < 1.29 is 4.79 Å². The van der Waals surface area contributed by atoms with Gasteiger partial charge in [0.1, 0.15) is 0 Å². The lowest BCUT2D eigenvalue weighted by atomic mass is 9.98. The maximum absolute atomic E-state index is 12.8. The molecular weight excluding hydrogens is 322 g/mol. The van der Waals surface area contributed by atoms with Crippen molar-refractivity contribution in [2.45, 2.75) is 24.3 Å². The van der Waals surface area contributed by atoms with Gasteiger partial charge in [-0.25, -0.2) is 4.98 Å². The molecule has 1 aromatic carbocycles. The average molecular weight is 339 g/mol. The van der Waals surface area contributed by atoms with Crippen LogP contribution in [0, 0.1) is 6.92 Å². The molecule has 1 amide bonds. The van der Waals surface area contributed by atoms with Gasteiger partial charge in [-0.15, -0.1) is 11.8 Å². The molecule has 6 nitrogen and oxygen atoms in total. The first-order valence-electron chi connectivity index (χ1n) is 7.76. The van der Waals surface area contributed by atoms with E-state index in [-0.39, 0.29) is 11.9 Å². The minimum atomic E-state index is -0.135. The van der Waals surface area contributed by atoms with Gasteiger partial charge in [-0.05, 0) is 42.4 Å². The Morgan fingerprint density at radius 3 is 3.21 bits per heavy atom. The van der Waals surface area contributed by atoms with Gasteiger partial charge in [-0.3, -0.25) is 9.89 Å². The fourth-order valence-corrected chi connectivity index (χ4v) is 4.14. The number of fused-ring (bicyclic) bond motifs is 2. The molecule has 0 saturated heterocycles. The molecule has 0 radical (unpaired) electrons. The molecule has 0 spiro atoms. The Kier molecular flexibility index (Phi) is 3.74. The summed E-state index contributed by atoms with van der Waals surface area (Å²) in [6.45, 7) is 1.95. The number of hydrogen-bond donors (Lipinski definition) is 3. The molecule has 4 N–H and O–H groups in total. The molecule has 0 unspecified atom stereocenters. The Bertz CT molecular complexity index is 936. The molecule has 3 heterocycles. The standard InChI is InChI=1S/C17H17N5OS/c1-9-6-11-13(18)3-5-24-15(11)7-10(9)17(23)21-14-2-4-19-16-12(14)8-20-22-16/h2,4,6-8,13H,3,5,18H2,1H3,(H2,19,20,21,22,23)/t13-/m0/s1. The molecule has 0 bridgehead atoms. The molecule has 122 valence electrons. The van der Waals surface area contributed by atoms with Gasteiger partial charge in [0, 0.05) is 22.7 Å². The van der Waals surface area contributed by atoms with Gasteiger partial charge >= 0.3 is 0 Å². The topological polar surface area (TPSA) is 96.7 Å². The van der Waals surface area contributed by atoms with E-state index in [1.165, 1.54) is 0 Å². The van der Waals surface area contributed by atoms with Crippen LogP contribution in [-0.2, 0) is 0 Å². The number of anilines is 1. The van der Waals surface area contributed by atoms with Crippen LogP contribution in [0.3, 0.4) is 0 Å².